The van der Waals surface area contributed by atoms with Gasteiger partial charge in [-0.3, -0.25) is 9.69 Å². The van der Waals surface area contributed by atoms with Gasteiger partial charge in [0.05, 0.1) is 0 Å². The smallest absolute Gasteiger partial charge is 0.323 e. The molecule has 1 saturated heterocycles. The van der Waals surface area contributed by atoms with Crippen LogP contribution in [0.3, 0.4) is 0 Å². The Morgan fingerprint density at radius 3 is 2.53 bits per heavy atom. The molecule has 1 atom stereocenters. The Morgan fingerprint density at radius 2 is 2.07 bits per heavy atom. The highest BCUT2D eigenvalue weighted by atomic mass is 32.1. The van der Waals surface area contributed by atoms with E-state index in [1.165, 1.54) is 4.90 Å². The van der Waals surface area contributed by atoms with Crippen LogP contribution in [0.15, 0.2) is 0 Å². The van der Waals surface area contributed by atoms with Crippen LogP contribution in [0.1, 0.15) is 33.1 Å². The molecule has 0 aliphatic carbocycles. The van der Waals surface area contributed by atoms with Gasteiger partial charge in [0.2, 0.25) is 0 Å². The topological polar surface area (TPSA) is 49.4 Å². The first-order valence-corrected chi connectivity index (χ1v) is 5.93. The third kappa shape index (κ3) is 2.45. The van der Waals surface area contributed by atoms with Gasteiger partial charge < -0.3 is 5.32 Å². The lowest BCUT2D eigenvalue weighted by molar-refractivity contribution is -0.130. The van der Waals surface area contributed by atoms with E-state index >= 15 is 0 Å². The molecule has 0 aromatic carbocycles. The summed E-state index contributed by atoms with van der Waals surface area (Å²) in [4.78, 5) is 24.7. The van der Waals surface area contributed by atoms with Gasteiger partial charge in [0.15, 0.2) is 0 Å². The second kappa shape index (κ2) is 4.88. The SMILES string of the molecule is CCC1(C)NC(=O)N(CCCCS)C1=O. The Labute approximate surface area is 95.8 Å². The Bertz CT molecular complexity index is 270. The van der Waals surface area contributed by atoms with Crippen LogP contribution in [0, 0.1) is 0 Å². The van der Waals surface area contributed by atoms with Crippen molar-refractivity contribution < 1.29 is 9.59 Å². The van der Waals surface area contributed by atoms with Crippen molar-refractivity contribution in [2.45, 2.75) is 38.6 Å². The minimum Gasteiger partial charge on any atom is -0.323 e. The Kier molecular flexibility index (Phi) is 4.02. The molecule has 0 spiro atoms. The summed E-state index contributed by atoms with van der Waals surface area (Å²) in [5.74, 6) is 0.684. The summed E-state index contributed by atoms with van der Waals surface area (Å²) in [5.41, 5.74) is -0.696. The first-order chi connectivity index (χ1) is 7.05. The summed E-state index contributed by atoms with van der Waals surface area (Å²) in [5, 5.41) is 2.73. The van der Waals surface area contributed by atoms with Gasteiger partial charge in [-0.2, -0.15) is 12.6 Å². The predicted molar refractivity (Wildman–Crippen MR) is 62.0 cm³/mol. The van der Waals surface area contributed by atoms with Crippen LogP contribution in [0.4, 0.5) is 4.79 Å². The highest BCUT2D eigenvalue weighted by molar-refractivity contribution is 7.80. The van der Waals surface area contributed by atoms with Gasteiger partial charge in [-0.15, -0.1) is 0 Å². The van der Waals surface area contributed by atoms with Crippen molar-refractivity contribution in [2.24, 2.45) is 0 Å². The average Bonchev–Trinajstić information content (AvgIpc) is 2.42. The van der Waals surface area contributed by atoms with Crippen molar-refractivity contribution in [3.8, 4) is 0 Å². The van der Waals surface area contributed by atoms with Crippen LogP contribution < -0.4 is 5.32 Å². The monoisotopic (exact) mass is 230 g/mol. The molecule has 1 aliphatic heterocycles. The van der Waals surface area contributed by atoms with E-state index in [9.17, 15) is 9.59 Å². The molecule has 0 bridgehead atoms. The quantitative estimate of drug-likeness (QED) is 0.426. The lowest BCUT2D eigenvalue weighted by Gasteiger charge is -2.19. The number of amides is 3. The molecule has 1 aliphatic rings. The minimum atomic E-state index is -0.696. The molecule has 5 heteroatoms. The van der Waals surface area contributed by atoms with Crippen LogP contribution in [0.5, 0.6) is 0 Å². The Balaban J connectivity index is 2.59. The number of thiol groups is 1. The zero-order chi connectivity index (χ0) is 11.5. The second-order valence-corrected chi connectivity index (χ2v) is 4.45. The molecular weight excluding hydrogens is 212 g/mol. The van der Waals surface area contributed by atoms with Crippen LogP contribution in [0.25, 0.3) is 0 Å². The molecule has 3 amide bonds. The molecule has 86 valence electrons. The number of carbonyl (C=O) groups is 2. The minimum absolute atomic E-state index is 0.103. The third-order valence-electron chi connectivity index (χ3n) is 2.84. The third-order valence-corrected chi connectivity index (χ3v) is 3.16. The summed E-state index contributed by atoms with van der Waals surface area (Å²) >= 11 is 4.09. The molecular formula is C10H18N2O2S. The number of nitrogens with one attached hydrogen (secondary N) is 1. The summed E-state index contributed by atoms with van der Waals surface area (Å²) in [7, 11) is 0. The van der Waals surface area contributed by atoms with Gasteiger partial charge in [0.25, 0.3) is 5.91 Å². The van der Waals surface area contributed by atoms with Crippen LogP contribution in [-0.4, -0.2) is 34.7 Å². The van der Waals surface area contributed by atoms with Crippen molar-refractivity contribution in [1.29, 1.82) is 0 Å². The number of hydrogen-bond donors (Lipinski definition) is 2. The molecule has 1 rings (SSSR count). The standard InChI is InChI=1S/C10H18N2O2S/c1-3-10(2)8(13)12(9(14)11-10)6-4-5-7-15/h15H,3-7H2,1-2H3,(H,11,14). The van der Waals surface area contributed by atoms with Crippen molar-refractivity contribution in [3.05, 3.63) is 0 Å². The maximum Gasteiger partial charge on any atom is 0.325 e. The molecule has 0 aromatic rings. The number of rotatable bonds is 5. The van der Waals surface area contributed by atoms with E-state index < -0.39 is 5.54 Å². The fraction of sp³-hybridized carbons (Fsp3) is 0.800. The van der Waals surface area contributed by atoms with Crippen LogP contribution in [0.2, 0.25) is 0 Å². The van der Waals surface area contributed by atoms with Crippen molar-refractivity contribution >= 4 is 24.6 Å². The van der Waals surface area contributed by atoms with Gasteiger partial charge in [-0.25, -0.2) is 4.79 Å². The van der Waals surface area contributed by atoms with Gasteiger partial charge in [-0.05, 0) is 31.9 Å². The molecule has 15 heavy (non-hydrogen) atoms. The second-order valence-electron chi connectivity index (χ2n) is 4.00. The molecule has 1 heterocycles. The normalized spacial score (nSPS) is 25.9. The number of hydrogen-bond acceptors (Lipinski definition) is 3. The number of urea groups is 1. The van der Waals surface area contributed by atoms with Gasteiger partial charge >= 0.3 is 6.03 Å². The fourth-order valence-electron chi connectivity index (χ4n) is 1.57. The largest absolute Gasteiger partial charge is 0.325 e. The number of nitrogens with zero attached hydrogens (tertiary/aromatic N) is 1. The number of carbonyl (C=O) groups excluding carboxylic acids is 2. The van der Waals surface area contributed by atoms with E-state index in [0.29, 0.717) is 13.0 Å². The lowest BCUT2D eigenvalue weighted by Crippen LogP contribution is -2.43. The van der Waals surface area contributed by atoms with Gasteiger partial charge in [0, 0.05) is 6.54 Å². The highest BCUT2D eigenvalue weighted by Crippen LogP contribution is 2.20. The summed E-state index contributed by atoms with van der Waals surface area (Å²) < 4.78 is 0. The molecule has 0 aromatic heterocycles. The highest BCUT2D eigenvalue weighted by Gasteiger charge is 2.45. The average molecular weight is 230 g/mol. The van der Waals surface area contributed by atoms with Crippen molar-refractivity contribution in [1.82, 2.24) is 10.2 Å². The van der Waals surface area contributed by atoms with E-state index in [4.69, 9.17) is 0 Å². The molecule has 4 nitrogen and oxygen atoms in total. The molecule has 1 N–H and O–H groups in total. The molecule has 0 radical (unpaired) electrons. The zero-order valence-corrected chi connectivity index (χ0v) is 10.1. The van der Waals surface area contributed by atoms with Crippen LogP contribution >= 0.6 is 12.6 Å². The number of imide groups is 1. The fourth-order valence-corrected chi connectivity index (χ4v) is 1.80. The first-order valence-electron chi connectivity index (χ1n) is 5.30. The summed E-state index contributed by atoms with van der Waals surface area (Å²) in [6.07, 6.45) is 2.37. The van der Waals surface area contributed by atoms with Gasteiger partial charge in [0.1, 0.15) is 5.54 Å². The number of unbranched alkanes of at least 4 members (excludes halogenated alkanes) is 1. The lowest BCUT2D eigenvalue weighted by atomic mass is 9.99. The van der Waals surface area contributed by atoms with Crippen molar-refractivity contribution in [2.75, 3.05) is 12.3 Å². The van der Waals surface area contributed by atoms with Gasteiger partial charge in [-0.1, -0.05) is 6.92 Å². The maximum atomic E-state index is 11.9. The van der Waals surface area contributed by atoms with Crippen molar-refractivity contribution in [3.63, 3.8) is 0 Å². The molecule has 1 fully saturated rings. The Hall–Kier alpha value is -0.710. The predicted octanol–water partition coefficient (Wildman–Crippen LogP) is 1.42. The van der Waals surface area contributed by atoms with E-state index in [2.05, 4.69) is 17.9 Å². The first kappa shape index (κ1) is 12.4. The maximum absolute atomic E-state index is 11.9. The summed E-state index contributed by atoms with van der Waals surface area (Å²) in [6, 6.07) is -0.261. The van der Waals surface area contributed by atoms with E-state index in [1.807, 2.05) is 6.92 Å². The Morgan fingerprint density at radius 1 is 1.40 bits per heavy atom. The molecule has 1 unspecified atom stereocenters. The van der Waals surface area contributed by atoms with Crippen LogP contribution in [-0.2, 0) is 4.79 Å². The van der Waals surface area contributed by atoms with E-state index in [1.54, 1.807) is 6.92 Å². The molecule has 0 saturated carbocycles. The van der Waals surface area contributed by atoms with E-state index in [-0.39, 0.29) is 11.9 Å². The van der Waals surface area contributed by atoms with E-state index in [0.717, 1.165) is 18.6 Å². The summed E-state index contributed by atoms with van der Waals surface area (Å²) in [6.45, 7) is 4.17. The zero-order valence-electron chi connectivity index (χ0n) is 9.25.